The zero-order valence-corrected chi connectivity index (χ0v) is 11.3. The van der Waals surface area contributed by atoms with E-state index in [9.17, 15) is 22.0 Å². The highest BCUT2D eigenvalue weighted by Gasteiger charge is 2.25. The molecule has 1 aromatic rings. The number of nitrogens with zero attached hydrogens (tertiary/aromatic N) is 1. The van der Waals surface area contributed by atoms with Crippen LogP contribution < -0.4 is 0 Å². The minimum absolute atomic E-state index is 0.847. The quantitative estimate of drug-likeness (QED) is 0.180. The van der Waals surface area contributed by atoms with Crippen molar-refractivity contribution < 1.29 is 26.8 Å². The van der Waals surface area contributed by atoms with Crippen molar-refractivity contribution in [3.8, 4) is 0 Å². The van der Waals surface area contributed by atoms with Crippen LogP contribution in [0.15, 0.2) is 17.3 Å². The van der Waals surface area contributed by atoms with Gasteiger partial charge in [0.25, 0.3) is 0 Å². The molecule has 0 N–H and O–H groups in total. The Labute approximate surface area is 118 Å². The molecule has 0 atom stereocenters. The Bertz CT molecular complexity index is 514. The second kappa shape index (κ2) is 8.39. The summed E-state index contributed by atoms with van der Waals surface area (Å²) in [6.45, 7) is 1.18. The van der Waals surface area contributed by atoms with Crippen molar-refractivity contribution in [1.29, 1.82) is 0 Å². The van der Waals surface area contributed by atoms with Crippen molar-refractivity contribution in [2.24, 2.45) is 5.16 Å². The smallest absolute Gasteiger partial charge is 0.200 e. The summed E-state index contributed by atoms with van der Waals surface area (Å²) in [4.78, 5) is 4.52. The highest BCUT2D eigenvalue weighted by atomic mass is 19.2. The van der Waals surface area contributed by atoms with Gasteiger partial charge in [-0.2, -0.15) is 0 Å². The van der Waals surface area contributed by atoms with E-state index in [2.05, 4.69) is 9.99 Å². The maximum absolute atomic E-state index is 13.3. The van der Waals surface area contributed by atoms with Crippen molar-refractivity contribution in [3.63, 3.8) is 0 Å². The molecule has 0 saturated heterocycles. The van der Waals surface area contributed by atoms with Crippen LogP contribution in [0.25, 0.3) is 0 Å². The lowest BCUT2D eigenvalue weighted by molar-refractivity contribution is 0.124. The van der Waals surface area contributed by atoms with Gasteiger partial charge in [0.05, 0.1) is 11.8 Å². The minimum atomic E-state index is -2.20. The Morgan fingerprint density at radius 1 is 0.952 bits per heavy atom. The molecule has 1 rings (SSSR count). The molecule has 2 nitrogen and oxygen atoms in total. The van der Waals surface area contributed by atoms with Crippen LogP contribution in [0.3, 0.4) is 0 Å². The van der Waals surface area contributed by atoms with E-state index >= 15 is 0 Å². The summed E-state index contributed by atoms with van der Waals surface area (Å²) >= 11 is 0. The second-order valence-electron chi connectivity index (χ2n) is 4.15. The number of hydrogen-bond acceptors (Lipinski definition) is 2. The Morgan fingerprint density at radius 2 is 1.52 bits per heavy atom. The second-order valence-corrected chi connectivity index (χ2v) is 4.15. The van der Waals surface area contributed by atoms with Crippen molar-refractivity contribution in [2.45, 2.75) is 32.8 Å². The van der Waals surface area contributed by atoms with Crippen molar-refractivity contribution in [1.82, 2.24) is 0 Å². The van der Waals surface area contributed by atoms with Gasteiger partial charge in [-0.05, 0) is 12.5 Å². The number of hydrogen-bond donors (Lipinski definition) is 0. The molecule has 0 aliphatic carbocycles. The average Bonchev–Trinajstić information content (AvgIpc) is 2.49. The number of unbranched alkanes of at least 4 members (excludes halogenated alkanes) is 2. The number of allylic oxidation sites excluding steroid dienone is 2. The van der Waals surface area contributed by atoms with Crippen LogP contribution in [0.4, 0.5) is 22.0 Å². The van der Waals surface area contributed by atoms with E-state index in [-0.39, 0.29) is 0 Å². The van der Waals surface area contributed by atoms with E-state index in [1.807, 2.05) is 13.0 Å². The molecule has 0 saturated carbocycles. The van der Waals surface area contributed by atoms with Gasteiger partial charge in [-0.3, -0.25) is 0 Å². The molecule has 116 valence electrons. The summed E-state index contributed by atoms with van der Waals surface area (Å²) in [5.41, 5.74) is -1.06. The highest BCUT2D eigenvalue weighted by Crippen LogP contribution is 2.23. The first-order chi connectivity index (χ1) is 10.0. The molecule has 1 aromatic carbocycles. The number of oxime groups is 1. The first-order valence-electron chi connectivity index (χ1n) is 6.31. The van der Waals surface area contributed by atoms with Gasteiger partial charge in [-0.1, -0.05) is 31.0 Å². The molecule has 0 fully saturated rings. The molecule has 0 radical (unpaired) electrons. The Kier molecular flexibility index (Phi) is 6.84. The molecule has 0 aliphatic rings. The fourth-order valence-corrected chi connectivity index (χ4v) is 1.44. The molecule has 0 aliphatic heterocycles. The van der Waals surface area contributed by atoms with Gasteiger partial charge in [0, 0.05) is 0 Å². The minimum Gasteiger partial charge on any atom is -0.391 e. The van der Waals surface area contributed by atoms with Crippen LogP contribution in [0, 0.1) is 29.1 Å². The topological polar surface area (TPSA) is 21.6 Å². The zero-order chi connectivity index (χ0) is 15.8. The van der Waals surface area contributed by atoms with Gasteiger partial charge in [-0.25, -0.2) is 22.0 Å². The zero-order valence-electron chi connectivity index (χ0n) is 11.3. The Balaban J connectivity index is 2.65. The van der Waals surface area contributed by atoms with Gasteiger partial charge in [0.2, 0.25) is 5.82 Å². The third-order valence-electron chi connectivity index (χ3n) is 2.59. The summed E-state index contributed by atoms with van der Waals surface area (Å²) in [6.07, 6.45) is 7.50. The summed E-state index contributed by atoms with van der Waals surface area (Å²) in [7, 11) is 0. The molecule has 0 aromatic heterocycles. The normalized spacial score (nSPS) is 11.7. The van der Waals surface area contributed by atoms with Crippen molar-refractivity contribution >= 4 is 6.21 Å². The molecule has 0 bridgehead atoms. The molecular weight excluding hydrogens is 293 g/mol. The van der Waals surface area contributed by atoms with Gasteiger partial charge in [-0.15, -0.1) is 0 Å². The van der Waals surface area contributed by atoms with Gasteiger partial charge >= 0.3 is 0 Å². The molecular formula is C14H14F5NO. The Morgan fingerprint density at radius 3 is 2.10 bits per heavy atom. The van der Waals surface area contributed by atoms with Gasteiger partial charge in [0.15, 0.2) is 23.3 Å². The van der Waals surface area contributed by atoms with Crippen LogP contribution in [-0.4, -0.2) is 6.21 Å². The molecule has 21 heavy (non-hydrogen) atoms. The van der Waals surface area contributed by atoms with E-state index in [1.165, 1.54) is 6.21 Å². The molecule has 0 heterocycles. The lowest BCUT2D eigenvalue weighted by Gasteiger charge is -2.06. The van der Waals surface area contributed by atoms with Crippen molar-refractivity contribution in [3.05, 3.63) is 46.8 Å². The third kappa shape index (κ3) is 4.54. The van der Waals surface area contributed by atoms with Crippen LogP contribution in [0.5, 0.6) is 0 Å². The van der Waals surface area contributed by atoms with E-state index in [0.717, 1.165) is 19.3 Å². The Hall–Kier alpha value is -1.92. The summed E-state index contributed by atoms with van der Waals surface area (Å²) < 4.78 is 65.1. The largest absolute Gasteiger partial charge is 0.391 e. The van der Waals surface area contributed by atoms with Gasteiger partial charge in [0.1, 0.15) is 6.61 Å². The van der Waals surface area contributed by atoms with E-state index in [0.29, 0.717) is 0 Å². The van der Waals surface area contributed by atoms with Crippen LogP contribution in [0.2, 0.25) is 0 Å². The summed E-state index contributed by atoms with van der Waals surface area (Å²) in [5, 5.41) is 3.34. The van der Waals surface area contributed by atoms with Gasteiger partial charge < -0.3 is 4.84 Å². The SMILES string of the molecule is CCCCC=CC=NOCc1c(F)c(F)c(F)c(F)c1F. The maximum Gasteiger partial charge on any atom is 0.200 e. The fraction of sp³-hybridized carbons (Fsp3) is 0.357. The lowest BCUT2D eigenvalue weighted by atomic mass is 10.2. The van der Waals surface area contributed by atoms with E-state index < -0.39 is 41.3 Å². The average molecular weight is 307 g/mol. The number of rotatable bonds is 7. The monoisotopic (exact) mass is 307 g/mol. The van der Waals surface area contributed by atoms with Crippen LogP contribution in [-0.2, 0) is 11.4 Å². The maximum atomic E-state index is 13.3. The fourth-order valence-electron chi connectivity index (χ4n) is 1.44. The summed E-state index contributed by atoms with van der Waals surface area (Å²) in [5.74, 6) is -10.0. The predicted molar refractivity (Wildman–Crippen MR) is 68.2 cm³/mol. The number of benzene rings is 1. The van der Waals surface area contributed by atoms with Crippen LogP contribution >= 0.6 is 0 Å². The first-order valence-corrected chi connectivity index (χ1v) is 6.31. The molecule has 0 spiro atoms. The van der Waals surface area contributed by atoms with E-state index in [4.69, 9.17) is 0 Å². The number of halogens is 5. The molecule has 0 amide bonds. The highest BCUT2D eigenvalue weighted by molar-refractivity contribution is 5.70. The molecule has 0 unspecified atom stereocenters. The first kappa shape index (κ1) is 17.1. The van der Waals surface area contributed by atoms with Crippen molar-refractivity contribution in [2.75, 3.05) is 0 Å². The third-order valence-corrected chi connectivity index (χ3v) is 2.59. The predicted octanol–water partition coefficient (Wildman–Crippen LogP) is 4.63. The van der Waals surface area contributed by atoms with Crippen LogP contribution in [0.1, 0.15) is 31.7 Å². The standard InChI is InChI=1S/C14H14F5NO/c1-2-3-4-5-6-7-20-21-8-9-10(15)12(17)14(19)13(18)11(9)16/h5-7H,2-4,8H2,1H3. The lowest BCUT2D eigenvalue weighted by Crippen LogP contribution is -2.07. The summed E-state index contributed by atoms with van der Waals surface area (Å²) in [6, 6.07) is 0. The van der Waals surface area contributed by atoms with E-state index in [1.54, 1.807) is 6.08 Å². The molecule has 7 heteroatoms.